The molecule has 2 rings (SSSR count). The van der Waals surface area contributed by atoms with E-state index in [-0.39, 0.29) is 24.2 Å². The summed E-state index contributed by atoms with van der Waals surface area (Å²) in [6, 6.07) is 0.750. The Morgan fingerprint density at radius 1 is 1.47 bits per heavy atom. The molecule has 1 atom stereocenters. The molecule has 0 aliphatic carbocycles. The third-order valence-corrected chi connectivity index (χ3v) is 3.01. The standard InChI is InChI=1S/C11H15F2N3O/c12-8-4-9(13)11(15-10(8)14)16-3-1-2-7(5-16)6-17/h4,7,17H,1-3,5-6H2,(H2,14,15). The lowest BCUT2D eigenvalue weighted by Crippen LogP contribution is -2.38. The monoisotopic (exact) mass is 243 g/mol. The number of hydrogen-bond acceptors (Lipinski definition) is 4. The molecule has 0 spiro atoms. The average Bonchev–Trinajstić information content (AvgIpc) is 2.34. The number of aromatic nitrogens is 1. The molecule has 1 unspecified atom stereocenters. The van der Waals surface area contributed by atoms with Crippen molar-refractivity contribution in [3.05, 3.63) is 17.7 Å². The van der Waals surface area contributed by atoms with Crippen LogP contribution in [0.2, 0.25) is 0 Å². The second kappa shape index (κ2) is 4.83. The van der Waals surface area contributed by atoms with Crippen molar-refractivity contribution in [2.24, 2.45) is 5.92 Å². The van der Waals surface area contributed by atoms with Gasteiger partial charge in [0.05, 0.1) is 0 Å². The van der Waals surface area contributed by atoms with Crippen LogP contribution in [0.15, 0.2) is 6.07 Å². The molecule has 0 saturated carbocycles. The molecule has 1 fully saturated rings. The molecule has 1 aromatic heterocycles. The van der Waals surface area contributed by atoms with Gasteiger partial charge in [-0.2, -0.15) is 0 Å². The van der Waals surface area contributed by atoms with Gasteiger partial charge in [0.25, 0.3) is 0 Å². The molecule has 2 heterocycles. The van der Waals surface area contributed by atoms with Crippen molar-refractivity contribution < 1.29 is 13.9 Å². The zero-order valence-corrected chi connectivity index (χ0v) is 9.37. The van der Waals surface area contributed by atoms with Gasteiger partial charge in [0.15, 0.2) is 23.3 Å². The lowest BCUT2D eigenvalue weighted by atomic mass is 9.99. The summed E-state index contributed by atoms with van der Waals surface area (Å²) in [5.74, 6) is -1.68. The molecule has 3 N–H and O–H groups in total. The van der Waals surface area contributed by atoms with Crippen molar-refractivity contribution >= 4 is 11.6 Å². The highest BCUT2D eigenvalue weighted by molar-refractivity contribution is 5.47. The maximum Gasteiger partial charge on any atom is 0.168 e. The van der Waals surface area contributed by atoms with Gasteiger partial charge in [0.2, 0.25) is 0 Å². The number of rotatable bonds is 2. The summed E-state index contributed by atoms with van der Waals surface area (Å²) in [6.45, 7) is 1.23. The number of halogens is 2. The van der Waals surface area contributed by atoms with Gasteiger partial charge in [0, 0.05) is 25.8 Å². The van der Waals surface area contributed by atoms with Gasteiger partial charge in [-0.15, -0.1) is 0 Å². The maximum atomic E-state index is 13.6. The minimum absolute atomic E-state index is 0.0643. The molecule has 1 aliphatic rings. The molecule has 0 aromatic carbocycles. The van der Waals surface area contributed by atoms with Crippen LogP contribution in [0.1, 0.15) is 12.8 Å². The number of aliphatic hydroxyl groups excluding tert-OH is 1. The predicted molar refractivity (Wildman–Crippen MR) is 60.6 cm³/mol. The van der Waals surface area contributed by atoms with Crippen molar-refractivity contribution in [2.75, 3.05) is 30.3 Å². The summed E-state index contributed by atoms with van der Waals surface area (Å²) < 4.78 is 26.6. The van der Waals surface area contributed by atoms with Gasteiger partial charge in [-0.1, -0.05) is 0 Å². The first-order valence-electron chi connectivity index (χ1n) is 5.59. The summed E-state index contributed by atoms with van der Waals surface area (Å²) in [6.07, 6.45) is 1.76. The number of piperidine rings is 1. The van der Waals surface area contributed by atoms with Crippen LogP contribution in [0.25, 0.3) is 0 Å². The summed E-state index contributed by atoms with van der Waals surface area (Å²) in [7, 11) is 0. The van der Waals surface area contributed by atoms with Crippen LogP contribution in [0, 0.1) is 17.6 Å². The van der Waals surface area contributed by atoms with E-state index in [4.69, 9.17) is 10.8 Å². The smallest absolute Gasteiger partial charge is 0.168 e. The Bertz CT molecular complexity index is 414. The molecule has 17 heavy (non-hydrogen) atoms. The lowest BCUT2D eigenvalue weighted by Gasteiger charge is -2.32. The van der Waals surface area contributed by atoms with Crippen molar-refractivity contribution in [3.8, 4) is 0 Å². The first-order chi connectivity index (χ1) is 8.11. The van der Waals surface area contributed by atoms with E-state index >= 15 is 0 Å². The van der Waals surface area contributed by atoms with Crippen LogP contribution in [0.4, 0.5) is 20.4 Å². The fourth-order valence-electron chi connectivity index (χ4n) is 2.10. The third kappa shape index (κ3) is 2.46. The van der Waals surface area contributed by atoms with Gasteiger partial charge >= 0.3 is 0 Å². The highest BCUT2D eigenvalue weighted by atomic mass is 19.1. The van der Waals surface area contributed by atoms with Crippen molar-refractivity contribution in [3.63, 3.8) is 0 Å². The quantitative estimate of drug-likeness (QED) is 0.818. The van der Waals surface area contributed by atoms with E-state index in [1.54, 1.807) is 4.90 Å². The van der Waals surface area contributed by atoms with E-state index in [1.807, 2.05) is 0 Å². The molecule has 4 nitrogen and oxygen atoms in total. The van der Waals surface area contributed by atoms with E-state index in [1.165, 1.54) is 0 Å². The molecule has 0 bridgehead atoms. The Morgan fingerprint density at radius 3 is 2.94 bits per heavy atom. The molecule has 6 heteroatoms. The van der Waals surface area contributed by atoms with Crippen molar-refractivity contribution in [1.82, 2.24) is 4.98 Å². The fourth-order valence-corrected chi connectivity index (χ4v) is 2.10. The Balaban J connectivity index is 2.24. The minimum Gasteiger partial charge on any atom is -0.396 e. The van der Waals surface area contributed by atoms with E-state index in [0.717, 1.165) is 18.9 Å². The van der Waals surface area contributed by atoms with Crippen molar-refractivity contribution in [2.45, 2.75) is 12.8 Å². The minimum atomic E-state index is -0.845. The van der Waals surface area contributed by atoms with Crippen LogP contribution in [0.5, 0.6) is 0 Å². The zero-order chi connectivity index (χ0) is 12.4. The van der Waals surface area contributed by atoms with Crippen molar-refractivity contribution in [1.29, 1.82) is 0 Å². The Morgan fingerprint density at radius 2 is 2.24 bits per heavy atom. The zero-order valence-electron chi connectivity index (χ0n) is 9.37. The molecule has 0 radical (unpaired) electrons. The normalized spacial score (nSPS) is 20.6. The lowest BCUT2D eigenvalue weighted by molar-refractivity contribution is 0.208. The summed E-state index contributed by atoms with van der Waals surface area (Å²) in [5, 5.41) is 9.10. The summed E-state index contributed by atoms with van der Waals surface area (Å²) in [5.41, 5.74) is 5.33. The predicted octanol–water partition coefficient (Wildman–Crippen LogP) is 1.15. The number of nitrogen functional groups attached to an aromatic ring is 1. The summed E-state index contributed by atoms with van der Waals surface area (Å²) >= 11 is 0. The van der Waals surface area contributed by atoms with E-state index in [9.17, 15) is 8.78 Å². The van der Waals surface area contributed by atoms with Crippen LogP contribution in [-0.4, -0.2) is 29.8 Å². The first-order valence-corrected chi connectivity index (χ1v) is 5.59. The van der Waals surface area contributed by atoms with Crippen LogP contribution < -0.4 is 10.6 Å². The number of nitrogens with two attached hydrogens (primary N) is 1. The third-order valence-electron chi connectivity index (χ3n) is 3.01. The number of pyridine rings is 1. The van der Waals surface area contributed by atoms with Crippen LogP contribution in [-0.2, 0) is 0 Å². The number of anilines is 2. The van der Waals surface area contributed by atoms with Gasteiger partial charge in [-0.25, -0.2) is 13.8 Å². The van der Waals surface area contributed by atoms with E-state index in [2.05, 4.69) is 4.98 Å². The highest BCUT2D eigenvalue weighted by Gasteiger charge is 2.23. The largest absolute Gasteiger partial charge is 0.396 e. The number of aliphatic hydroxyl groups is 1. The number of nitrogens with zero attached hydrogens (tertiary/aromatic N) is 2. The Labute approximate surface area is 98.1 Å². The second-order valence-electron chi connectivity index (χ2n) is 4.30. The fraction of sp³-hybridized carbons (Fsp3) is 0.545. The first kappa shape index (κ1) is 12.0. The molecule has 0 amide bonds. The second-order valence-corrected chi connectivity index (χ2v) is 4.30. The SMILES string of the molecule is Nc1nc(N2CCCC(CO)C2)c(F)cc1F. The molecule has 1 aliphatic heterocycles. The van der Waals surface area contributed by atoms with Gasteiger partial charge in [-0.05, 0) is 18.8 Å². The highest BCUT2D eigenvalue weighted by Crippen LogP contribution is 2.25. The van der Waals surface area contributed by atoms with Crippen LogP contribution >= 0.6 is 0 Å². The number of hydrogen-bond donors (Lipinski definition) is 2. The molecular weight excluding hydrogens is 228 g/mol. The van der Waals surface area contributed by atoms with Gasteiger partial charge in [0.1, 0.15) is 0 Å². The molecule has 94 valence electrons. The molecular formula is C11H15F2N3O. The maximum absolute atomic E-state index is 13.6. The molecule has 1 aromatic rings. The summed E-state index contributed by atoms with van der Waals surface area (Å²) in [4.78, 5) is 5.44. The average molecular weight is 243 g/mol. The van der Waals surface area contributed by atoms with E-state index in [0.29, 0.717) is 13.1 Å². The Hall–Kier alpha value is -1.43. The van der Waals surface area contributed by atoms with Gasteiger partial charge in [-0.3, -0.25) is 0 Å². The molecule has 1 saturated heterocycles. The van der Waals surface area contributed by atoms with E-state index < -0.39 is 11.6 Å². The Kier molecular flexibility index (Phi) is 3.42. The van der Waals surface area contributed by atoms with Gasteiger partial charge < -0.3 is 15.7 Å². The van der Waals surface area contributed by atoms with Crippen LogP contribution in [0.3, 0.4) is 0 Å². The topological polar surface area (TPSA) is 62.4 Å².